The summed E-state index contributed by atoms with van der Waals surface area (Å²) < 4.78 is 2.65. The summed E-state index contributed by atoms with van der Waals surface area (Å²) >= 11 is 1.99. The van der Waals surface area contributed by atoms with Gasteiger partial charge in [-0.3, -0.25) is 0 Å². The van der Waals surface area contributed by atoms with Gasteiger partial charge in [-0.15, -0.1) is 11.4 Å². The molecule has 2 unspecified atom stereocenters. The molecule has 0 saturated heterocycles. The van der Waals surface area contributed by atoms with Crippen LogP contribution in [0.2, 0.25) is 0 Å². The van der Waals surface area contributed by atoms with E-state index in [1.54, 1.807) is 0 Å². The van der Waals surface area contributed by atoms with Crippen molar-refractivity contribution in [3.05, 3.63) is 248 Å². The van der Waals surface area contributed by atoms with E-state index in [2.05, 4.69) is 266 Å². The molecule has 9 aromatic rings. The Labute approximate surface area is 385 Å². The minimum absolute atomic E-state index is 0.290. The summed E-state index contributed by atoms with van der Waals surface area (Å²) in [5.41, 5.74) is 18.0. The monoisotopic (exact) mass is 862 g/mol. The van der Waals surface area contributed by atoms with Gasteiger partial charge in [0, 0.05) is 48.5 Å². The highest BCUT2D eigenvalue weighted by atomic mass is 32.7. The van der Waals surface area contributed by atoms with Crippen LogP contribution in [0, 0.1) is 0 Å². The first-order chi connectivity index (χ1) is 31.7. The van der Waals surface area contributed by atoms with E-state index in [4.69, 9.17) is 0 Å². The first-order valence-corrected chi connectivity index (χ1v) is 24.6. The number of anilines is 2. The molecule has 4 heteroatoms. The zero-order valence-corrected chi connectivity index (χ0v) is 37.8. The molecule has 1 N–H and O–H groups in total. The average molecular weight is 863 g/mol. The second-order valence-corrected chi connectivity index (χ2v) is 18.8. The first kappa shape index (κ1) is 42.4. The zero-order valence-electron chi connectivity index (χ0n) is 36.0. The van der Waals surface area contributed by atoms with Crippen LogP contribution in [0.4, 0.5) is 11.4 Å². The van der Waals surface area contributed by atoms with Gasteiger partial charge in [-0.2, -0.15) is 0 Å². The Bertz CT molecular complexity index is 2770. The molecule has 0 aliphatic heterocycles. The molecular formula is C60H51N2PS. The standard InChI is InChI=1S/C60H51N2PS/c1-45(37-38-46-23-9-2-10-24-46)64-63-62(60-57(51-33-19-7-20-34-51)43-54(48-27-13-4-14-28-48)44-58(60)52-35-21-8-22-36-52)40-39-61-59-55(49-29-15-5-16-30-49)41-53(47-25-11-3-12-26-47)42-56(59)50-31-17-6-18-32-50/h2-38,41-45,61,63H,39-40H2,1H3/b38-37+. The molecule has 0 spiro atoms. The Balaban J connectivity index is 1.17. The van der Waals surface area contributed by atoms with Crippen LogP contribution < -0.4 is 9.99 Å². The van der Waals surface area contributed by atoms with Crippen LogP contribution in [0.5, 0.6) is 0 Å². The van der Waals surface area contributed by atoms with E-state index in [1.165, 1.54) is 78.0 Å². The van der Waals surface area contributed by atoms with Crippen LogP contribution in [0.25, 0.3) is 72.8 Å². The predicted molar refractivity (Wildman–Crippen MR) is 282 cm³/mol. The molecule has 0 aliphatic rings. The number of rotatable bonds is 16. The van der Waals surface area contributed by atoms with E-state index in [0.29, 0.717) is 7.93 Å². The van der Waals surface area contributed by atoms with Gasteiger partial charge < -0.3 is 9.99 Å². The highest BCUT2D eigenvalue weighted by Gasteiger charge is 2.23. The van der Waals surface area contributed by atoms with Crippen LogP contribution >= 0.6 is 19.3 Å². The molecule has 0 aliphatic carbocycles. The van der Waals surface area contributed by atoms with Gasteiger partial charge in [0.2, 0.25) is 0 Å². The average Bonchev–Trinajstić information content (AvgIpc) is 3.38. The molecule has 0 amide bonds. The molecule has 312 valence electrons. The van der Waals surface area contributed by atoms with Gasteiger partial charge in [0.15, 0.2) is 0 Å². The Kier molecular flexibility index (Phi) is 13.9. The van der Waals surface area contributed by atoms with Gasteiger partial charge in [-0.25, -0.2) is 0 Å². The van der Waals surface area contributed by atoms with E-state index in [0.717, 1.165) is 18.8 Å². The number of nitrogens with zero attached hydrogens (tertiary/aromatic N) is 1. The highest BCUT2D eigenvalue weighted by Crippen LogP contribution is 2.50. The van der Waals surface area contributed by atoms with Gasteiger partial charge in [-0.1, -0.05) is 224 Å². The van der Waals surface area contributed by atoms with Crippen LogP contribution in [0.15, 0.2) is 243 Å². The summed E-state index contributed by atoms with van der Waals surface area (Å²) in [5.74, 6) is 0. The van der Waals surface area contributed by atoms with Crippen molar-refractivity contribution in [2.75, 3.05) is 23.1 Å². The van der Waals surface area contributed by atoms with Gasteiger partial charge in [0.1, 0.15) is 0 Å². The van der Waals surface area contributed by atoms with Crippen molar-refractivity contribution in [1.82, 2.24) is 0 Å². The van der Waals surface area contributed by atoms with Gasteiger partial charge >= 0.3 is 0 Å². The summed E-state index contributed by atoms with van der Waals surface area (Å²) in [6.07, 6.45) is 4.59. The third-order valence-electron chi connectivity index (χ3n) is 11.4. The lowest BCUT2D eigenvalue weighted by Crippen LogP contribution is -2.23. The van der Waals surface area contributed by atoms with Crippen LogP contribution in [0.3, 0.4) is 0 Å². The maximum Gasteiger partial charge on any atom is 0.0563 e. The van der Waals surface area contributed by atoms with E-state index >= 15 is 0 Å². The minimum Gasteiger partial charge on any atom is -0.382 e. The second-order valence-electron chi connectivity index (χ2n) is 15.8. The SMILES string of the molecule is CC(/C=C/c1ccccc1)SPN(CCNc1c(-c2ccccc2)cc(-c2ccccc2)cc1-c1ccccc1)c1c(-c2ccccc2)cc(-c2ccccc2)cc1-c1ccccc1. The Morgan fingerprint density at radius 3 is 1.19 bits per heavy atom. The molecule has 0 bridgehead atoms. The molecule has 2 nitrogen and oxygen atoms in total. The van der Waals surface area contributed by atoms with E-state index in [9.17, 15) is 0 Å². The summed E-state index contributed by atoms with van der Waals surface area (Å²) in [7, 11) is 0.440. The first-order valence-electron chi connectivity index (χ1n) is 22.0. The van der Waals surface area contributed by atoms with E-state index < -0.39 is 0 Å². The van der Waals surface area contributed by atoms with Crippen molar-refractivity contribution in [3.8, 4) is 66.8 Å². The Hall–Kier alpha value is -6.90. The van der Waals surface area contributed by atoms with Crippen LogP contribution in [-0.2, 0) is 0 Å². The van der Waals surface area contributed by atoms with Crippen molar-refractivity contribution < 1.29 is 0 Å². The van der Waals surface area contributed by atoms with Crippen molar-refractivity contribution in [1.29, 1.82) is 0 Å². The van der Waals surface area contributed by atoms with E-state index in [-0.39, 0.29) is 5.25 Å². The molecule has 0 radical (unpaired) electrons. The minimum atomic E-state index is 0.290. The molecule has 0 fully saturated rings. The van der Waals surface area contributed by atoms with Crippen molar-refractivity contribution >= 4 is 36.8 Å². The molecule has 9 aromatic carbocycles. The van der Waals surface area contributed by atoms with Gasteiger partial charge in [-0.05, 0) is 81.3 Å². The van der Waals surface area contributed by atoms with Crippen LogP contribution in [-0.4, -0.2) is 18.3 Å². The fourth-order valence-corrected chi connectivity index (χ4v) is 10.9. The zero-order chi connectivity index (χ0) is 43.3. The summed E-state index contributed by atoms with van der Waals surface area (Å²) in [4.78, 5) is 0. The summed E-state index contributed by atoms with van der Waals surface area (Å²) in [5, 5.41) is 4.38. The molecule has 0 heterocycles. The Morgan fingerprint density at radius 2 is 0.781 bits per heavy atom. The van der Waals surface area contributed by atoms with Crippen molar-refractivity contribution in [2.45, 2.75) is 12.2 Å². The molecular weight excluding hydrogens is 812 g/mol. The third-order valence-corrected chi connectivity index (χ3v) is 14.8. The molecule has 2 atom stereocenters. The maximum atomic E-state index is 4.09. The highest BCUT2D eigenvalue weighted by molar-refractivity contribution is 8.50. The topological polar surface area (TPSA) is 15.3 Å². The third kappa shape index (κ3) is 10.3. The summed E-state index contributed by atoms with van der Waals surface area (Å²) in [6, 6.07) is 85.2. The number of benzene rings is 9. The van der Waals surface area contributed by atoms with E-state index in [1.807, 2.05) is 11.4 Å². The lowest BCUT2D eigenvalue weighted by atomic mass is 9.90. The van der Waals surface area contributed by atoms with Crippen LogP contribution in [0.1, 0.15) is 12.5 Å². The number of hydrogen-bond donors (Lipinski definition) is 1. The summed E-state index contributed by atoms with van der Waals surface area (Å²) in [6.45, 7) is 3.80. The second kappa shape index (κ2) is 21.0. The largest absolute Gasteiger partial charge is 0.382 e. The Morgan fingerprint density at radius 1 is 0.438 bits per heavy atom. The number of nitrogens with one attached hydrogen (secondary N) is 1. The molecule has 0 saturated carbocycles. The normalized spacial score (nSPS) is 11.8. The quantitative estimate of drug-likeness (QED) is 0.0975. The number of hydrogen-bond acceptors (Lipinski definition) is 3. The molecule has 0 aromatic heterocycles. The smallest absolute Gasteiger partial charge is 0.0563 e. The van der Waals surface area contributed by atoms with Crippen molar-refractivity contribution in [3.63, 3.8) is 0 Å². The fourth-order valence-electron chi connectivity index (χ4n) is 8.21. The lowest BCUT2D eigenvalue weighted by molar-refractivity contribution is 1.02. The maximum absolute atomic E-state index is 4.09. The molecule has 9 rings (SSSR count). The van der Waals surface area contributed by atoms with Gasteiger partial charge in [0.25, 0.3) is 0 Å². The van der Waals surface area contributed by atoms with Crippen molar-refractivity contribution in [2.24, 2.45) is 0 Å². The fraction of sp³-hybridized carbons (Fsp3) is 0.0667. The lowest BCUT2D eigenvalue weighted by Gasteiger charge is -2.31. The predicted octanol–water partition coefficient (Wildman–Crippen LogP) is 17.0. The van der Waals surface area contributed by atoms with Gasteiger partial charge in [0.05, 0.1) is 11.4 Å². The molecule has 64 heavy (non-hydrogen) atoms.